The fraction of sp³-hybridized carbons (Fsp3) is 0. The molecular weight excluding hydrogens is 330 g/mol. The zero-order valence-corrected chi connectivity index (χ0v) is 14.3. The second-order valence-electron chi connectivity index (χ2n) is 6.47. The van der Waals surface area contributed by atoms with E-state index in [1.165, 1.54) is 21.5 Å². The van der Waals surface area contributed by atoms with Crippen LogP contribution < -0.4 is 0 Å². The molecule has 5 rings (SSSR count). The predicted octanol–water partition coefficient (Wildman–Crippen LogP) is 7.04. The molecule has 0 fully saturated rings. The van der Waals surface area contributed by atoms with E-state index in [0.717, 1.165) is 16.7 Å². The molecule has 5 aromatic rings. The Balaban J connectivity index is 1.95. The number of nitrogens with zero attached hydrogens (tertiary/aromatic N) is 3. The maximum absolute atomic E-state index is 7.42. The average Bonchev–Trinajstić information content (AvgIpc) is 3.05. The van der Waals surface area contributed by atoms with Gasteiger partial charge in [0.2, 0.25) is 0 Å². The van der Waals surface area contributed by atoms with Crippen molar-refractivity contribution < 1.29 is 0 Å². The summed E-state index contributed by atoms with van der Waals surface area (Å²) in [6, 6.07) is 26.5. The van der Waals surface area contributed by atoms with Crippen LogP contribution >= 0.6 is 0 Å². The summed E-state index contributed by atoms with van der Waals surface area (Å²) in [6.07, 6.45) is 0. The maximum atomic E-state index is 7.42. The molecule has 0 radical (unpaired) electrons. The van der Waals surface area contributed by atoms with Crippen LogP contribution in [0.15, 0.2) is 78.9 Å². The minimum Gasteiger partial charge on any atom is -0.311 e. The first-order chi connectivity index (χ1) is 13.3. The van der Waals surface area contributed by atoms with Gasteiger partial charge in [0.05, 0.1) is 24.2 Å². The van der Waals surface area contributed by atoms with Crippen LogP contribution in [0.5, 0.6) is 0 Å². The zero-order chi connectivity index (χ0) is 18.4. The number of aromatic nitrogens is 1. The van der Waals surface area contributed by atoms with Crippen molar-refractivity contribution in [1.29, 1.82) is 0 Å². The summed E-state index contributed by atoms with van der Waals surface area (Å²) in [7, 11) is 0. The van der Waals surface area contributed by atoms with Crippen LogP contribution in [0.2, 0.25) is 0 Å². The lowest BCUT2D eigenvalue weighted by Gasteiger charge is -2.09. The van der Waals surface area contributed by atoms with Crippen molar-refractivity contribution in [3.63, 3.8) is 0 Å². The highest BCUT2D eigenvalue weighted by Gasteiger charge is 2.14. The maximum Gasteiger partial charge on any atom is 0.196 e. The molecule has 27 heavy (non-hydrogen) atoms. The summed E-state index contributed by atoms with van der Waals surface area (Å²) in [4.78, 5) is 7.00. The molecule has 0 N–H and O–H groups in total. The first-order valence-electron chi connectivity index (χ1n) is 8.61. The van der Waals surface area contributed by atoms with Crippen molar-refractivity contribution in [3.05, 3.63) is 102 Å². The first-order valence-corrected chi connectivity index (χ1v) is 8.61. The predicted molar refractivity (Wildman–Crippen MR) is 111 cm³/mol. The van der Waals surface area contributed by atoms with Crippen molar-refractivity contribution in [2.45, 2.75) is 0 Å². The van der Waals surface area contributed by atoms with E-state index in [0.29, 0.717) is 11.4 Å². The van der Waals surface area contributed by atoms with E-state index in [1.807, 2.05) is 24.3 Å². The Hall–Kier alpha value is -4.08. The standard InChI is InChI=1S/C24H13N3/c1-25-21-12-11-18(15-22(21)26-2)27-23-10-6-5-9-19(23)20-13-16-7-3-4-8-17(16)14-24(20)27/h3-15H. The summed E-state index contributed by atoms with van der Waals surface area (Å²) in [5, 5.41) is 4.75. The Morgan fingerprint density at radius 1 is 0.593 bits per heavy atom. The Kier molecular flexibility index (Phi) is 3.22. The second kappa shape index (κ2) is 5.73. The molecule has 0 saturated heterocycles. The molecule has 0 aliphatic heterocycles. The van der Waals surface area contributed by atoms with Gasteiger partial charge in [0.15, 0.2) is 11.4 Å². The smallest absolute Gasteiger partial charge is 0.196 e. The third kappa shape index (κ3) is 2.20. The normalized spacial score (nSPS) is 10.9. The molecule has 1 heterocycles. The molecule has 124 valence electrons. The topological polar surface area (TPSA) is 13.6 Å². The van der Waals surface area contributed by atoms with E-state index in [-0.39, 0.29) is 0 Å². The van der Waals surface area contributed by atoms with Gasteiger partial charge < -0.3 is 4.57 Å². The molecule has 1 aromatic heterocycles. The van der Waals surface area contributed by atoms with Crippen molar-refractivity contribution in [3.8, 4) is 5.69 Å². The van der Waals surface area contributed by atoms with Crippen molar-refractivity contribution in [2.24, 2.45) is 0 Å². The number of hydrogen-bond donors (Lipinski definition) is 0. The van der Waals surface area contributed by atoms with E-state index >= 15 is 0 Å². The Morgan fingerprint density at radius 2 is 1.30 bits per heavy atom. The molecule has 0 saturated carbocycles. The van der Waals surface area contributed by atoms with Gasteiger partial charge in [-0.1, -0.05) is 54.6 Å². The molecule has 0 unspecified atom stereocenters. The van der Waals surface area contributed by atoms with Crippen LogP contribution in [-0.2, 0) is 0 Å². The van der Waals surface area contributed by atoms with Crippen LogP contribution in [0, 0.1) is 13.1 Å². The van der Waals surface area contributed by atoms with Gasteiger partial charge in [-0.2, -0.15) is 0 Å². The van der Waals surface area contributed by atoms with Gasteiger partial charge in [-0.05, 0) is 35.0 Å². The van der Waals surface area contributed by atoms with Gasteiger partial charge in [0.1, 0.15) is 0 Å². The molecule has 0 aliphatic carbocycles. The van der Waals surface area contributed by atoms with E-state index in [1.54, 1.807) is 12.1 Å². The molecule has 4 aromatic carbocycles. The summed E-state index contributed by atoms with van der Waals surface area (Å²) >= 11 is 0. The lowest BCUT2D eigenvalue weighted by molar-refractivity contribution is 1.18. The van der Waals surface area contributed by atoms with Gasteiger partial charge in [0.25, 0.3) is 0 Å². The van der Waals surface area contributed by atoms with Crippen LogP contribution in [0.1, 0.15) is 0 Å². The van der Waals surface area contributed by atoms with Crippen LogP contribution in [0.25, 0.3) is 48.0 Å². The Morgan fingerprint density at radius 3 is 2.07 bits per heavy atom. The molecule has 0 aliphatic rings. The highest BCUT2D eigenvalue weighted by atomic mass is 15.0. The molecule has 3 heteroatoms. The Bertz CT molecular complexity index is 1440. The highest BCUT2D eigenvalue weighted by Crippen LogP contribution is 2.37. The minimum absolute atomic E-state index is 0.384. The average molecular weight is 343 g/mol. The summed E-state index contributed by atoms with van der Waals surface area (Å²) in [5.74, 6) is 0. The van der Waals surface area contributed by atoms with Gasteiger partial charge >= 0.3 is 0 Å². The van der Waals surface area contributed by atoms with Crippen LogP contribution in [-0.4, -0.2) is 4.57 Å². The summed E-state index contributed by atoms with van der Waals surface area (Å²) in [6.45, 7) is 14.7. The number of hydrogen-bond acceptors (Lipinski definition) is 0. The van der Waals surface area contributed by atoms with Gasteiger partial charge in [0, 0.05) is 16.5 Å². The Labute approximate surface area is 156 Å². The van der Waals surface area contributed by atoms with E-state index in [2.05, 4.69) is 56.7 Å². The van der Waals surface area contributed by atoms with Gasteiger partial charge in [-0.25, -0.2) is 0 Å². The largest absolute Gasteiger partial charge is 0.311 e. The van der Waals surface area contributed by atoms with E-state index in [9.17, 15) is 0 Å². The lowest BCUT2D eigenvalue weighted by Crippen LogP contribution is -1.93. The second-order valence-corrected chi connectivity index (χ2v) is 6.47. The van der Waals surface area contributed by atoms with Crippen LogP contribution in [0.4, 0.5) is 11.4 Å². The molecule has 0 spiro atoms. The number of rotatable bonds is 1. The molecular formula is C24H13N3. The third-order valence-corrected chi connectivity index (χ3v) is 5.00. The molecule has 0 amide bonds. The number of para-hydroxylation sites is 1. The number of fused-ring (bicyclic) bond motifs is 4. The first kappa shape index (κ1) is 15.2. The fourth-order valence-electron chi connectivity index (χ4n) is 3.77. The summed E-state index contributed by atoms with van der Waals surface area (Å²) < 4.78 is 2.18. The quantitative estimate of drug-likeness (QED) is 0.290. The number of benzene rings is 4. The molecule has 3 nitrogen and oxygen atoms in total. The minimum atomic E-state index is 0.384. The molecule has 0 bridgehead atoms. The van der Waals surface area contributed by atoms with E-state index in [4.69, 9.17) is 13.1 Å². The summed E-state index contributed by atoms with van der Waals surface area (Å²) in [5.41, 5.74) is 3.86. The highest BCUT2D eigenvalue weighted by molar-refractivity contribution is 6.13. The fourth-order valence-corrected chi connectivity index (χ4v) is 3.77. The van der Waals surface area contributed by atoms with Crippen LogP contribution in [0.3, 0.4) is 0 Å². The lowest BCUT2D eigenvalue weighted by atomic mass is 10.1. The van der Waals surface area contributed by atoms with Gasteiger partial charge in [-0.3, -0.25) is 9.69 Å². The monoisotopic (exact) mass is 343 g/mol. The zero-order valence-electron chi connectivity index (χ0n) is 14.3. The SMILES string of the molecule is [C-]#[N+]c1ccc(-n2c3ccccc3c3cc4ccccc4cc32)cc1[N+]#[C-]. The van der Waals surface area contributed by atoms with E-state index < -0.39 is 0 Å². The van der Waals surface area contributed by atoms with Gasteiger partial charge in [-0.15, -0.1) is 0 Å². The third-order valence-electron chi connectivity index (χ3n) is 5.00. The molecule has 0 atom stereocenters. The van der Waals surface area contributed by atoms with Crippen molar-refractivity contribution in [2.75, 3.05) is 0 Å². The van der Waals surface area contributed by atoms with Crippen molar-refractivity contribution >= 4 is 44.0 Å². The van der Waals surface area contributed by atoms with Crippen molar-refractivity contribution in [1.82, 2.24) is 4.57 Å².